The number of hydrogen-bond donors (Lipinski definition) is 2. The van der Waals surface area contributed by atoms with Crippen molar-refractivity contribution < 1.29 is 4.79 Å². The van der Waals surface area contributed by atoms with Crippen molar-refractivity contribution in [2.24, 2.45) is 0 Å². The Kier molecular flexibility index (Phi) is 5.39. The predicted molar refractivity (Wildman–Crippen MR) is 112 cm³/mol. The fraction of sp³-hybridized carbons (Fsp3) is 0.150. The number of amides is 1. The summed E-state index contributed by atoms with van der Waals surface area (Å²) in [4.78, 5) is 34.1. The summed E-state index contributed by atoms with van der Waals surface area (Å²) in [6.45, 7) is 2.21. The molecule has 4 aromatic rings. The van der Waals surface area contributed by atoms with E-state index in [2.05, 4.69) is 25.5 Å². The third kappa shape index (κ3) is 4.35. The van der Waals surface area contributed by atoms with Gasteiger partial charge in [0.25, 0.3) is 5.56 Å². The second kappa shape index (κ2) is 8.27. The van der Waals surface area contributed by atoms with Gasteiger partial charge in [-0.2, -0.15) is 5.10 Å². The fourth-order valence-electron chi connectivity index (χ4n) is 2.84. The van der Waals surface area contributed by atoms with Crippen molar-refractivity contribution in [3.8, 4) is 0 Å². The lowest BCUT2D eigenvalue weighted by atomic mass is 10.2. The van der Waals surface area contributed by atoms with E-state index in [1.165, 1.54) is 11.8 Å². The number of carbonyl (C=O) groups is 1. The molecule has 2 N–H and O–H groups in total. The molecule has 0 saturated heterocycles. The molecule has 0 aliphatic carbocycles. The Bertz CT molecular complexity index is 1220. The number of nitrogens with one attached hydrogen (secondary N) is 2. The molecule has 3 aromatic heterocycles. The third-order valence-electron chi connectivity index (χ3n) is 4.18. The minimum absolute atomic E-state index is 0.0888. The molecule has 8 nitrogen and oxygen atoms in total. The molecule has 4 rings (SSSR count). The van der Waals surface area contributed by atoms with Crippen LogP contribution in [0.2, 0.25) is 0 Å². The van der Waals surface area contributed by atoms with Gasteiger partial charge in [0, 0.05) is 18.0 Å². The molecule has 1 aromatic carbocycles. The maximum absolute atomic E-state index is 13.0. The number of thioether (sulfide) groups is 1. The monoisotopic (exact) mass is 406 g/mol. The number of benzene rings is 1. The summed E-state index contributed by atoms with van der Waals surface area (Å²) in [7, 11) is 0. The zero-order chi connectivity index (χ0) is 20.2. The molecular formula is C20H18N6O2S. The van der Waals surface area contributed by atoms with Gasteiger partial charge in [0.1, 0.15) is 0 Å². The van der Waals surface area contributed by atoms with Crippen molar-refractivity contribution in [3.63, 3.8) is 0 Å². The topological polar surface area (TPSA) is 106 Å². The van der Waals surface area contributed by atoms with Crippen LogP contribution in [-0.4, -0.2) is 36.4 Å². The number of aromatic amines is 1. The summed E-state index contributed by atoms with van der Waals surface area (Å²) in [6.07, 6.45) is 1.59. The Morgan fingerprint density at radius 1 is 1.21 bits per heavy atom. The van der Waals surface area contributed by atoms with Gasteiger partial charge in [-0.05, 0) is 24.6 Å². The summed E-state index contributed by atoms with van der Waals surface area (Å²) in [5.41, 5.74) is 2.01. The quantitative estimate of drug-likeness (QED) is 0.377. The number of rotatable bonds is 6. The average molecular weight is 406 g/mol. The molecule has 0 spiro atoms. The number of nitrogens with zero attached hydrogens (tertiary/aromatic N) is 4. The molecule has 0 aliphatic rings. The first kappa shape index (κ1) is 18.9. The molecule has 29 heavy (non-hydrogen) atoms. The third-order valence-corrected chi connectivity index (χ3v) is 5.16. The van der Waals surface area contributed by atoms with E-state index in [4.69, 9.17) is 0 Å². The lowest BCUT2D eigenvalue weighted by molar-refractivity contribution is -0.113. The lowest BCUT2D eigenvalue weighted by Crippen LogP contribution is -2.25. The van der Waals surface area contributed by atoms with Crippen LogP contribution in [0.4, 0.5) is 5.82 Å². The minimum atomic E-state index is -0.233. The van der Waals surface area contributed by atoms with Crippen molar-refractivity contribution in [2.75, 3.05) is 11.1 Å². The highest BCUT2D eigenvalue weighted by molar-refractivity contribution is 7.99. The molecule has 0 saturated carbocycles. The van der Waals surface area contributed by atoms with Gasteiger partial charge < -0.3 is 5.32 Å². The number of anilines is 1. The van der Waals surface area contributed by atoms with Crippen LogP contribution in [0, 0.1) is 6.92 Å². The fourth-order valence-corrected chi connectivity index (χ4v) is 3.63. The van der Waals surface area contributed by atoms with E-state index in [1.807, 2.05) is 37.3 Å². The van der Waals surface area contributed by atoms with E-state index in [-0.39, 0.29) is 17.2 Å². The van der Waals surface area contributed by atoms with Crippen LogP contribution in [0.3, 0.4) is 0 Å². The van der Waals surface area contributed by atoms with E-state index in [1.54, 1.807) is 29.0 Å². The molecule has 0 atom stereocenters. The zero-order valence-corrected chi connectivity index (χ0v) is 16.4. The SMILES string of the molecule is Cc1cc(NC(=O)CSc2nc3ncccc3c(=O)n2Cc2ccccc2)n[nH]1. The molecular weight excluding hydrogens is 388 g/mol. The van der Waals surface area contributed by atoms with Gasteiger partial charge in [0.2, 0.25) is 5.91 Å². The van der Waals surface area contributed by atoms with Crippen molar-refractivity contribution in [2.45, 2.75) is 18.6 Å². The van der Waals surface area contributed by atoms with Gasteiger partial charge in [-0.15, -0.1) is 0 Å². The summed E-state index contributed by atoms with van der Waals surface area (Å²) >= 11 is 1.19. The number of fused-ring (bicyclic) bond motifs is 1. The van der Waals surface area contributed by atoms with Crippen molar-refractivity contribution in [3.05, 3.63) is 76.3 Å². The zero-order valence-electron chi connectivity index (χ0n) is 15.6. The number of H-pyrrole nitrogens is 1. The highest BCUT2D eigenvalue weighted by atomic mass is 32.2. The molecule has 3 heterocycles. The summed E-state index contributed by atoms with van der Waals surface area (Å²) in [5.74, 6) is 0.317. The maximum Gasteiger partial charge on any atom is 0.263 e. The molecule has 0 bridgehead atoms. The van der Waals surface area contributed by atoms with Gasteiger partial charge >= 0.3 is 0 Å². The van der Waals surface area contributed by atoms with Crippen LogP contribution in [0.1, 0.15) is 11.3 Å². The molecule has 0 radical (unpaired) electrons. The summed E-state index contributed by atoms with van der Waals surface area (Å²) in [5, 5.41) is 10.4. The van der Waals surface area contributed by atoms with Gasteiger partial charge in [-0.1, -0.05) is 42.1 Å². The Labute approximate surface area is 170 Å². The van der Waals surface area contributed by atoms with Crippen LogP contribution in [-0.2, 0) is 11.3 Å². The van der Waals surface area contributed by atoms with Crippen LogP contribution in [0.5, 0.6) is 0 Å². The highest BCUT2D eigenvalue weighted by Gasteiger charge is 2.15. The molecule has 0 aliphatic heterocycles. The van der Waals surface area contributed by atoms with Crippen LogP contribution >= 0.6 is 11.8 Å². The molecule has 1 amide bonds. The largest absolute Gasteiger partial charge is 0.308 e. The van der Waals surface area contributed by atoms with Crippen LogP contribution in [0.25, 0.3) is 11.0 Å². The van der Waals surface area contributed by atoms with Gasteiger partial charge in [0.15, 0.2) is 16.6 Å². The summed E-state index contributed by atoms with van der Waals surface area (Å²) < 4.78 is 1.58. The maximum atomic E-state index is 13.0. The number of pyridine rings is 1. The molecule has 146 valence electrons. The predicted octanol–water partition coefficient (Wildman–Crippen LogP) is 2.60. The van der Waals surface area contributed by atoms with Gasteiger partial charge in [-0.25, -0.2) is 9.97 Å². The van der Waals surface area contributed by atoms with Crippen molar-refractivity contribution in [1.82, 2.24) is 24.7 Å². The smallest absolute Gasteiger partial charge is 0.263 e. The Hall–Kier alpha value is -3.46. The first-order chi connectivity index (χ1) is 14.1. The average Bonchev–Trinajstić information content (AvgIpc) is 3.14. The van der Waals surface area contributed by atoms with E-state index >= 15 is 0 Å². The van der Waals surface area contributed by atoms with Crippen molar-refractivity contribution in [1.29, 1.82) is 0 Å². The number of hydrogen-bond acceptors (Lipinski definition) is 6. The second-order valence-corrected chi connectivity index (χ2v) is 7.36. The standard InChI is InChI=1S/C20H18N6O2S/c1-13-10-16(25-24-13)22-17(27)12-29-20-23-18-15(8-5-9-21-18)19(28)26(20)11-14-6-3-2-4-7-14/h2-10H,11-12H2,1H3,(H2,22,24,25,27). The summed E-state index contributed by atoms with van der Waals surface area (Å²) in [6, 6.07) is 14.8. The van der Waals surface area contributed by atoms with E-state index < -0.39 is 0 Å². The van der Waals surface area contributed by atoms with Crippen LogP contribution < -0.4 is 10.9 Å². The van der Waals surface area contributed by atoms with Gasteiger partial charge in [-0.3, -0.25) is 19.3 Å². The number of aromatic nitrogens is 5. The second-order valence-electron chi connectivity index (χ2n) is 6.42. The van der Waals surface area contributed by atoms with Gasteiger partial charge in [0.05, 0.1) is 17.7 Å². The Morgan fingerprint density at radius 3 is 2.79 bits per heavy atom. The molecule has 0 unspecified atom stereocenters. The Morgan fingerprint density at radius 2 is 2.03 bits per heavy atom. The lowest BCUT2D eigenvalue weighted by Gasteiger charge is -2.12. The first-order valence-corrected chi connectivity index (χ1v) is 9.93. The normalized spacial score (nSPS) is 10.9. The van der Waals surface area contributed by atoms with Crippen LogP contribution in [0.15, 0.2) is 64.7 Å². The molecule has 9 heteroatoms. The van der Waals surface area contributed by atoms with E-state index in [0.717, 1.165) is 11.3 Å². The molecule has 0 fully saturated rings. The van der Waals surface area contributed by atoms with E-state index in [9.17, 15) is 9.59 Å². The Balaban J connectivity index is 1.62. The number of aryl methyl sites for hydroxylation is 1. The van der Waals surface area contributed by atoms with E-state index in [0.29, 0.717) is 28.6 Å². The first-order valence-electron chi connectivity index (χ1n) is 8.94. The van der Waals surface area contributed by atoms with Crippen molar-refractivity contribution >= 4 is 34.5 Å². The number of carbonyl (C=O) groups excluding carboxylic acids is 1. The minimum Gasteiger partial charge on any atom is -0.308 e. The highest BCUT2D eigenvalue weighted by Crippen LogP contribution is 2.18.